The lowest BCUT2D eigenvalue weighted by atomic mass is 10.1. The van der Waals surface area contributed by atoms with Gasteiger partial charge in [0, 0.05) is 7.11 Å². The molecule has 0 aliphatic carbocycles. The number of methoxy groups -OCH3 is 1. The zero-order valence-electron chi connectivity index (χ0n) is 12.1. The minimum Gasteiger partial charge on any atom is -0.464 e. The third-order valence-corrected chi connectivity index (χ3v) is 3.12. The fourth-order valence-electron chi connectivity index (χ4n) is 2.04. The second kappa shape index (κ2) is 7.06. The van der Waals surface area contributed by atoms with Gasteiger partial charge in [0.25, 0.3) is 5.91 Å². The molecule has 0 fully saturated rings. The van der Waals surface area contributed by atoms with Gasteiger partial charge in [-0.3, -0.25) is 4.79 Å². The summed E-state index contributed by atoms with van der Waals surface area (Å²) >= 11 is 0. The van der Waals surface area contributed by atoms with Crippen LogP contribution in [0.5, 0.6) is 0 Å². The molecule has 0 radical (unpaired) electrons. The van der Waals surface area contributed by atoms with E-state index in [-0.39, 0.29) is 6.61 Å². The molecule has 1 aromatic carbocycles. The fourth-order valence-corrected chi connectivity index (χ4v) is 2.04. The summed E-state index contributed by atoms with van der Waals surface area (Å²) < 4.78 is 10.6. The Morgan fingerprint density at radius 3 is 2.57 bits per heavy atom. The summed E-state index contributed by atoms with van der Waals surface area (Å²) in [6.07, 6.45) is -1.22. The van der Waals surface area contributed by atoms with Crippen LogP contribution in [0, 0.1) is 6.92 Å². The van der Waals surface area contributed by atoms with Gasteiger partial charge in [0.05, 0.1) is 6.61 Å². The van der Waals surface area contributed by atoms with E-state index in [0.717, 1.165) is 5.76 Å². The zero-order chi connectivity index (χ0) is 15.2. The van der Waals surface area contributed by atoms with Gasteiger partial charge in [-0.1, -0.05) is 30.3 Å². The Hall–Kier alpha value is -2.11. The van der Waals surface area contributed by atoms with E-state index in [1.54, 1.807) is 37.4 Å². The highest BCUT2D eigenvalue weighted by Gasteiger charge is 2.23. The molecule has 0 saturated heterocycles. The molecular weight excluding hydrogens is 270 g/mol. The van der Waals surface area contributed by atoms with Crippen LogP contribution < -0.4 is 5.32 Å². The number of rotatable bonds is 6. The predicted octanol–water partition coefficient (Wildman–Crippen LogP) is 2.13. The van der Waals surface area contributed by atoms with Crippen molar-refractivity contribution < 1.29 is 19.1 Å². The van der Waals surface area contributed by atoms with Gasteiger partial charge in [-0.25, -0.2) is 0 Å². The van der Waals surface area contributed by atoms with Gasteiger partial charge in [0.2, 0.25) is 0 Å². The minimum atomic E-state index is -1.22. The molecular formula is C16H19NO4. The van der Waals surface area contributed by atoms with Crippen LogP contribution >= 0.6 is 0 Å². The number of ether oxygens (including phenoxy) is 1. The van der Waals surface area contributed by atoms with Gasteiger partial charge < -0.3 is 19.6 Å². The molecule has 0 bridgehead atoms. The quantitative estimate of drug-likeness (QED) is 0.854. The van der Waals surface area contributed by atoms with Crippen LogP contribution in [0.25, 0.3) is 0 Å². The first kappa shape index (κ1) is 15.3. The molecule has 5 nitrogen and oxygen atoms in total. The average Bonchev–Trinajstić information content (AvgIpc) is 2.93. The maximum Gasteiger partial charge on any atom is 0.254 e. The Labute approximate surface area is 123 Å². The maximum absolute atomic E-state index is 12.2. The van der Waals surface area contributed by atoms with E-state index < -0.39 is 18.1 Å². The maximum atomic E-state index is 12.2. The number of aliphatic hydroxyl groups excluding tert-OH is 1. The van der Waals surface area contributed by atoms with Crippen molar-refractivity contribution in [3.63, 3.8) is 0 Å². The van der Waals surface area contributed by atoms with E-state index in [0.29, 0.717) is 11.3 Å². The summed E-state index contributed by atoms with van der Waals surface area (Å²) in [7, 11) is 1.54. The topological polar surface area (TPSA) is 71.7 Å². The number of carbonyl (C=O) groups excluding carboxylic acids is 1. The third kappa shape index (κ3) is 3.93. The van der Waals surface area contributed by atoms with E-state index >= 15 is 0 Å². The normalized spacial score (nSPS) is 13.7. The van der Waals surface area contributed by atoms with Crippen molar-refractivity contribution in [3.05, 3.63) is 59.5 Å². The highest BCUT2D eigenvalue weighted by atomic mass is 16.5. The van der Waals surface area contributed by atoms with Crippen LogP contribution in [0.1, 0.15) is 29.2 Å². The van der Waals surface area contributed by atoms with E-state index in [1.807, 2.05) is 19.1 Å². The van der Waals surface area contributed by atoms with Gasteiger partial charge in [-0.15, -0.1) is 0 Å². The zero-order valence-corrected chi connectivity index (χ0v) is 12.1. The lowest BCUT2D eigenvalue weighted by Crippen LogP contribution is -2.34. The Morgan fingerprint density at radius 1 is 1.29 bits per heavy atom. The van der Waals surface area contributed by atoms with Gasteiger partial charge in [0.1, 0.15) is 17.6 Å². The lowest BCUT2D eigenvalue weighted by molar-refractivity contribution is -0.131. The summed E-state index contributed by atoms with van der Waals surface area (Å²) in [4.78, 5) is 12.2. The molecule has 0 saturated carbocycles. The van der Waals surface area contributed by atoms with E-state index in [2.05, 4.69) is 5.32 Å². The number of hydrogen-bond acceptors (Lipinski definition) is 4. The number of hydrogen-bond donors (Lipinski definition) is 2. The molecule has 2 aromatic rings. The molecule has 1 heterocycles. The van der Waals surface area contributed by atoms with E-state index in [1.165, 1.54) is 0 Å². The van der Waals surface area contributed by atoms with Crippen LogP contribution in [0.3, 0.4) is 0 Å². The van der Waals surface area contributed by atoms with Crippen molar-refractivity contribution in [2.24, 2.45) is 0 Å². The van der Waals surface area contributed by atoms with Crippen molar-refractivity contribution in [2.75, 3.05) is 13.7 Å². The first-order valence-corrected chi connectivity index (χ1v) is 6.70. The van der Waals surface area contributed by atoms with Crippen molar-refractivity contribution in [1.82, 2.24) is 5.32 Å². The Morgan fingerprint density at radius 2 is 2.00 bits per heavy atom. The molecule has 5 heteroatoms. The highest BCUT2D eigenvalue weighted by molar-refractivity contribution is 5.82. The molecule has 2 unspecified atom stereocenters. The standard InChI is InChI=1S/C16H19NO4/c1-11-8-9-14(21-11)13(10-20-2)17-16(19)15(18)12-6-4-3-5-7-12/h3-9,13,15,18H,10H2,1-2H3,(H,17,19). The summed E-state index contributed by atoms with van der Waals surface area (Å²) in [5, 5.41) is 12.8. The van der Waals surface area contributed by atoms with Crippen LogP contribution in [0.4, 0.5) is 0 Å². The largest absolute Gasteiger partial charge is 0.464 e. The van der Waals surface area contributed by atoms with E-state index in [4.69, 9.17) is 9.15 Å². The second-order valence-electron chi connectivity index (χ2n) is 4.78. The second-order valence-corrected chi connectivity index (χ2v) is 4.78. The number of nitrogens with one attached hydrogen (secondary N) is 1. The molecule has 1 amide bonds. The Balaban J connectivity index is 2.08. The third-order valence-electron chi connectivity index (χ3n) is 3.12. The smallest absolute Gasteiger partial charge is 0.254 e. The molecule has 2 rings (SSSR count). The summed E-state index contributed by atoms with van der Waals surface area (Å²) in [5.41, 5.74) is 0.543. The molecule has 112 valence electrons. The molecule has 0 aliphatic rings. The minimum absolute atomic E-state index is 0.264. The van der Waals surface area contributed by atoms with Gasteiger partial charge >= 0.3 is 0 Å². The van der Waals surface area contributed by atoms with Crippen LogP contribution in [0.2, 0.25) is 0 Å². The number of amides is 1. The van der Waals surface area contributed by atoms with Crippen molar-refractivity contribution in [3.8, 4) is 0 Å². The number of carbonyl (C=O) groups is 1. The fraction of sp³-hybridized carbons (Fsp3) is 0.312. The van der Waals surface area contributed by atoms with Crippen LogP contribution in [-0.4, -0.2) is 24.7 Å². The first-order valence-electron chi connectivity index (χ1n) is 6.70. The number of furan rings is 1. The number of aliphatic hydroxyl groups is 1. The number of benzene rings is 1. The van der Waals surface area contributed by atoms with E-state index in [9.17, 15) is 9.90 Å². The first-order chi connectivity index (χ1) is 10.1. The van der Waals surface area contributed by atoms with Crippen molar-refractivity contribution in [1.29, 1.82) is 0 Å². The van der Waals surface area contributed by atoms with Gasteiger partial charge in [0.15, 0.2) is 6.10 Å². The monoisotopic (exact) mass is 289 g/mol. The van der Waals surface area contributed by atoms with Crippen LogP contribution in [0.15, 0.2) is 46.9 Å². The Kier molecular flexibility index (Phi) is 5.14. The Bertz CT molecular complexity index is 579. The van der Waals surface area contributed by atoms with Crippen LogP contribution in [-0.2, 0) is 9.53 Å². The van der Waals surface area contributed by atoms with Crippen molar-refractivity contribution >= 4 is 5.91 Å². The number of aryl methyl sites for hydroxylation is 1. The molecule has 0 aliphatic heterocycles. The van der Waals surface area contributed by atoms with Crippen molar-refractivity contribution in [2.45, 2.75) is 19.1 Å². The molecule has 21 heavy (non-hydrogen) atoms. The SMILES string of the molecule is COCC(NC(=O)C(O)c1ccccc1)c1ccc(C)o1. The predicted molar refractivity (Wildman–Crippen MR) is 77.6 cm³/mol. The average molecular weight is 289 g/mol. The molecule has 1 aromatic heterocycles. The molecule has 2 atom stereocenters. The molecule has 2 N–H and O–H groups in total. The molecule has 0 spiro atoms. The van der Waals surface area contributed by atoms with Gasteiger partial charge in [-0.2, -0.15) is 0 Å². The highest BCUT2D eigenvalue weighted by Crippen LogP contribution is 2.19. The summed E-state index contributed by atoms with van der Waals surface area (Å²) in [6, 6.07) is 11.9. The summed E-state index contributed by atoms with van der Waals surface area (Å²) in [5.74, 6) is 0.865. The lowest BCUT2D eigenvalue weighted by Gasteiger charge is -2.18. The summed E-state index contributed by atoms with van der Waals surface area (Å²) in [6.45, 7) is 2.09. The van der Waals surface area contributed by atoms with Gasteiger partial charge in [-0.05, 0) is 24.6 Å².